The van der Waals surface area contributed by atoms with Gasteiger partial charge in [-0.25, -0.2) is 4.98 Å². The van der Waals surface area contributed by atoms with E-state index in [0.717, 1.165) is 27.5 Å². The number of pyridine rings is 1. The molecule has 360 valence electrons. The standard InChI is InChI=1S/C69H58N4O/c1-46-37-66(70-44-61(46)49-25-15-10-16-26-49)73-62-32-18-17-29-59(62)60-35-34-56(43-64(60)73)74-55-28-19-27-54(42-55)71-45-72(63-36-33-50(40-65(63)71)47-21-11-8-12-22-47)67-57(48-23-13-9-14-24-48)30-20-31-58(67)51-38-52(68(2,3)4)41-53(39-51)69(5,6)7/h8-44H,1-7H3/i1D3,8D,9D,10D,11D,12D,13D,14D,15D,16D,21D,22D,23D,24D,25D,26D. The highest BCUT2D eigenvalue weighted by Crippen LogP contribution is 2.41. The maximum absolute atomic E-state index is 9.35. The van der Waals surface area contributed by atoms with Crippen molar-refractivity contribution in [1.29, 1.82) is 0 Å². The molecule has 0 N–H and O–H groups in total. The number of ether oxygens (including phenoxy) is 1. The lowest BCUT2D eigenvalue weighted by atomic mass is 9.78. The van der Waals surface area contributed by atoms with E-state index in [9.17, 15) is 2.74 Å². The fourth-order valence-electron chi connectivity index (χ4n) is 9.50. The van der Waals surface area contributed by atoms with Gasteiger partial charge < -0.3 is 4.74 Å². The number of hydrogen-bond acceptors (Lipinski definition) is 2. The summed E-state index contributed by atoms with van der Waals surface area (Å²) >= 11 is 0. The van der Waals surface area contributed by atoms with E-state index >= 15 is 0 Å². The molecule has 0 radical (unpaired) electrons. The molecular weight excluding hydrogens is 901 g/mol. The topological polar surface area (TPSA) is 35.9 Å². The van der Waals surface area contributed by atoms with Crippen LogP contribution >= 0.6 is 0 Å². The average Bonchev–Trinajstić information content (AvgIpc) is 1.45. The Kier molecular flexibility index (Phi) is 7.51. The second-order valence-corrected chi connectivity index (χ2v) is 20.2. The lowest BCUT2D eigenvalue weighted by molar-refractivity contribution is -0.571. The number of benzene rings is 9. The van der Waals surface area contributed by atoms with Crippen molar-refractivity contribution in [2.45, 2.75) is 59.2 Å². The summed E-state index contributed by atoms with van der Waals surface area (Å²) < 4.78 is 169. The third kappa shape index (κ3) is 8.54. The molecule has 0 spiro atoms. The van der Waals surface area contributed by atoms with Gasteiger partial charge in [0.1, 0.15) is 17.3 Å². The molecule has 0 fully saturated rings. The van der Waals surface area contributed by atoms with Crippen LogP contribution in [-0.2, 0) is 10.8 Å². The largest absolute Gasteiger partial charge is 0.458 e. The molecule has 3 heterocycles. The molecule has 12 rings (SSSR count). The van der Waals surface area contributed by atoms with Gasteiger partial charge >= 0.3 is 0 Å². The summed E-state index contributed by atoms with van der Waals surface area (Å²) in [4.78, 5) is 4.72. The molecule has 0 bridgehead atoms. The van der Waals surface area contributed by atoms with Crippen LogP contribution in [0.1, 0.15) is 82.9 Å². The Labute approximate surface area is 459 Å². The molecule has 0 saturated carbocycles. The smallest absolute Gasteiger partial charge is 0.269 e. The van der Waals surface area contributed by atoms with Gasteiger partial charge in [-0.15, -0.1) is 0 Å². The van der Waals surface area contributed by atoms with Gasteiger partial charge in [0, 0.05) is 32.7 Å². The molecule has 0 saturated heterocycles. The minimum atomic E-state index is -2.83. The summed E-state index contributed by atoms with van der Waals surface area (Å²) in [6.45, 7) is 9.91. The predicted molar refractivity (Wildman–Crippen MR) is 306 cm³/mol. The highest BCUT2D eigenvalue weighted by atomic mass is 16.5. The number of rotatable bonds is 9. The van der Waals surface area contributed by atoms with E-state index in [1.165, 1.54) is 12.3 Å². The van der Waals surface area contributed by atoms with Crippen LogP contribution in [0.25, 0.3) is 94.5 Å². The van der Waals surface area contributed by atoms with Gasteiger partial charge in [-0.2, -0.15) is 0 Å². The lowest BCUT2D eigenvalue weighted by Crippen LogP contribution is -2.31. The molecule has 74 heavy (non-hydrogen) atoms. The first-order valence-electron chi connectivity index (χ1n) is 33.1. The Bertz CT molecular complexity index is 4990. The zero-order chi connectivity index (χ0) is 66.3. The van der Waals surface area contributed by atoms with Gasteiger partial charge in [0.05, 0.1) is 54.0 Å². The molecule has 0 aliphatic rings. The van der Waals surface area contributed by atoms with E-state index in [-0.39, 0.29) is 55.6 Å². The predicted octanol–water partition coefficient (Wildman–Crippen LogP) is 17.6. The van der Waals surface area contributed by atoms with Crippen LogP contribution in [0.15, 0.2) is 224 Å². The summed E-state index contributed by atoms with van der Waals surface area (Å²) in [7, 11) is 0. The number of nitrogens with zero attached hydrogens (tertiary/aromatic N) is 4. The first kappa shape index (κ1) is 30.3. The third-order valence-electron chi connectivity index (χ3n) is 13.3. The van der Waals surface area contributed by atoms with Crippen molar-refractivity contribution in [2.75, 3.05) is 0 Å². The van der Waals surface area contributed by atoms with Crippen LogP contribution in [0, 0.1) is 13.2 Å². The fraction of sp³-hybridized carbons (Fsp3) is 0.130. The van der Waals surface area contributed by atoms with Gasteiger partial charge in [-0.1, -0.05) is 205 Å². The summed E-state index contributed by atoms with van der Waals surface area (Å²) in [5.74, 6) is 0.833. The van der Waals surface area contributed by atoms with Crippen molar-refractivity contribution < 1.29 is 34.0 Å². The fourth-order valence-corrected chi connectivity index (χ4v) is 9.50. The van der Waals surface area contributed by atoms with Crippen molar-refractivity contribution in [2.24, 2.45) is 0 Å². The average molecular weight is 977 g/mol. The zero-order valence-corrected chi connectivity index (χ0v) is 41.4. The molecule has 0 amide bonds. The first-order valence-corrected chi connectivity index (χ1v) is 24.1. The Morgan fingerprint density at radius 2 is 1.14 bits per heavy atom. The van der Waals surface area contributed by atoms with Gasteiger partial charge in [0.2, 0.25) is 0 Å². The quantitative estimate of drug-likeness (QED) is 0.107. The number of aromatic nitrogens is 4. The Morgan fingerprint density at radius 1 is 0.514 bits per heavy atom. The highest BCUT2D eigenvalue weighted by molar-refractivity contribution is 6.09. The van der Waals surface area contributed by atoms with Gasteiger partial charge in [-0.05, 0) is 122 Å². The Hall–Kier alpha value is -8.80. The maximum Gasteiger partial charge on any atom is 0.269 e. The molecule has 5 heteroatoms. The van der Waals surface area contributed by atoms with Crippen LogP contribution < -0.4 is 9.30 Å². The molecule has 0 aliphatic heterocycles. The van der Waals surface area contributed by atoms with Crippen LogP contribution in [0.4, 0.5) is 0 Å². The van der Waals surface area contributed by atoms with E-state index in [1.54, 1.807) is 80.4 Å². The number of hydrogen-bond donors (Lipinski definition) is 0. The maximum atomic E-state index is 9.35. The van der Waals surface area contributed by atoms with E-state index in [4.69, 9.17) is 31.7 Å². The molecule has 3 aromatic heterocycles. The number of aryl methyl sites for hydroxylation is 1. The van der Waals surface area contributed by atoms with Crippen LogP contribution in [0.3, 0.4) is 0 Å². The summed E-state index contributed by atoms with van der Waals surface area (Å²) in [5.41, 5.74) is 5.49. The van der Waals surface area contributed by atoms with E-state index in [1.807, 2.05) is 36.4 Å². The van der Waals surface area contributed by atoms with Crippen molar-refractivity contribution >= 4 is 32.8 Å². The third-order valence-corrected chi connectivity index (χ3v) is 13.3. The Balaban J connectivity index is 1.08. The normalized spacial score (nSPS) is 15.6. The SMILES string of the molecule is [2H]c1c([2H])c([2H])c(-c2ccc3c(c2)n(-c2cccc(Oc4ccc5c6ccccc6n(-c6cc(C([2H])([2H])[2H])c(-c7c([2H])c([2H])c([2H])c([2H])c7[2H])cn6)c5c4)c2)[c-][n+]3-c2c(-c3cc(C(C)(C)C)cc(C(C)(C)C)c3)cccc2-c2c([2H])c([2H])c([2H])c([2H])c2[2H])c([2H])c1[2H]. The summed E-state index contributed by atoms with van der Waals surface area (Å²) in [6, 6.07) is 30.3. The van der Waals surface area contributed by atoms with Crippen molar-refractivity contribution in [3.8, 4) is 73.2 Å². The van der Waals surface area contributed by atoms with Gasteiger partial charge in [-0.3, -0.25) is 13.7 Å². The van der Waals surface area contributed by atoms with Gasteiger partial charge in [0.15, 0.2) is 0 Å². The number of para-hydroxylation sites is 2. The van der Waals surface area contributed by atoms with Crippen molar-refractivity contribution in [1.82, 2.24) is 14.1 Å². The summed E-state index contributed by atoms with van der Waals surface area (Å²) in [6.07, 6.45) is 4.80. The van der Waals surface area contributed by atoms with Crippen LogP contribution in [0.5, 0.6) is 11.5 Å². The van der Waals surface area contributed by atoms with E-state index in [0.29, 0.717) is 50.5 Å². The first-order chi connectivity index (χ1) is 43.3. The van der Waals surface area contributed by atoms with Crippen LogP contribution in [0.2, 0.25) is 0 Å². The van der Waals surface area contributed by atoms with Crippen molar-refractivity contribution in [3.63, 3.8) is 0 Å². The Morgan fingerprint density at radius 3 is 1.82 bits per heavy atom. The molecule has 0 unspecified atom stereocenters. The molecule has 0 aliphatic carbocycles. The molecule has 0 atom stereocenters. The summed E-state index contributed by atoms with van der Waals surface area (Å²) in [5, 5.41) is 1.55. The minimum Gasteiger partial charge on any atom is -0.458 e. The minimum absolute atomic E-state index is 0.0502. The second kappa shape index (κ2) is 18.4. The van der Waals surface area contributed by atoms with Crippen molar-refractivity contribution in [3.05, 3.63) is 247 Å². The highest BCUT2D eigenvalue weighted by Gasteiger charge is 2.25. The van der Waals surface area contributed by atoms with E-state index in [2.05, 4.69) is 66.1 Å². The molecular formula is C69H58N4O. The number of imidazole rings is 1. The van der Waals surface area contributed by atoms with Crippen LogP contribution in [-0.4, -0.2) is 14.1 Å². The zero-order valence-electron chi connectivity index (χ0n) is 59.4. The molecule has 12 aromatic rings. The van der Waals surface area contributed by atoms with E-state index < -0.39 is 97.5 Å². The number of fused-ring (bicyclic) bond motifs is 4. The lowest BCUT2D eigenvalue weighted by Gasteiger charge is -2.27. The monoisotopic (exact) mass is 977 g/mol. The molecule has 5 nitrogen and oxygen atoms in total. The second-order valence-electron chi connectivity index (χ2n) is 20.2. The molecule has 9 aromatic carbocycles. The van der Waals surface area contributed by atoms with Gasteiger partial charge in [0.25, 0.3) is 6.33 Å².